The standard InChI is InChI=1S/C17H22N2OS/c1-3-12-6-4-5-7-14(12)20-10-15-19-16(13-8-9-13)17(21-15)11(2)18/h4-7,11,13H,3,8-10,18H2,1-2H3. The molecule has 1 saturated carbocycles. The minimum atomic E-state index is 0.0646. The van der Waals surface area contributed by atoms with Crippen molar-refractivity contribution in [1.82, 2.24) is 4.98 Å². The van der Waals surface area contributed by atoms with Crippen molar-refractivity contribution in [3.63, 3.8) is 0 Å². The minimum absolute atomic E-state index is 0.0646. The van der Waals surface area contributed by atoms with Crippen LogP contribution in [0.4, 0.5) is 0 Å². The molecule has 1 atom stereocenters. The number of hydrogen-bond acceptors (Lipinski definition) is 4. The van der Waals surface area contributed by atoms with Gasteiger partial charge in [0.25, 0.3) is 0 Å². The van der Waals surface area contributed by atoms with Crippen LogP contribution in [0.2, 0.25) is 0 Å². The van der Waals surface area contributed by atoms with Gasteiger partial charge in [-0.3, -0.25) is 0 Å². The fourth-order valence-corrected chi connectivity index (χ4v) is 3.52. The van der Waals surface area contributed by atoms with Gasteiger partial charge in [-0.25, -0.2) is 4.98 Å². The van der Waals surface area contributed by atoms with Crippen LogP contribution in [0.15, 0.2) is 24.3 Å². The van der Waals surface area contributed by atoms with Crippen molar-refractivity contribution in [3.8, 4) is 5.75 Å². The number of aryl methyl sites for hydroxylation is 1. The molecule has 1 unspecified atom stereocenters. The van der Waals surface area contributed by atoms with Gasteiger partial charge >= 0.3 is 0 Å². The summed E-state index contributed by atoms with van der Waals surface area (Å²) in [6.45, 7) is 4.72. The van der Waals surface area contributed by atoms with Crippen LogP contribution in [-0.2, 0) is 13.0 Å². The van der Waals surface area contributed by atoms with Crippen LogP contribution < -0.4 is 10.5 Å². The van der Waals surface area contributed by atoms with E-state index in [2.05, 4.69) is 19.1 Å². The number of thiazole rings is 1. The number of rotatable bonds is 6. The number of benzene rings is 1. The van der Waals surface area contributed by atoms with Crippen molar-refractivity contribution in [2.45, 2.75) is 51.7 Å². The monoisotopic (exact) mass is 302 g/mol. The summed E-state index contributed by atoms with van der Waals surface area (Å²) < 4.78 is 5.97. The molecule has 1 aliphatic rings. The van der Waals surface area contributed by atoms with Crippen molar-refractivity contribution in [2.75, 3.05) is 0 Å². The molecule has 1 aromatic carbocycles. The maximum atomic E-state index is 6.08. The van der Waals surface area contributed by atoms with E-state index < -0.39 is 0 Å². The third-order valence-corrected chi connectivity index (χ3v) is 5.05. The molecule has 3 rings (SSSR count). The molecule has 3 nitrogen and oxygen atoms in total. The molecular formula is C17H22N2OS. The maximum absolute atomic E-state index is 6.08. The molecule has 1 aromatic heterocycles. The number of nitrogens with zero attached hydrogens (tertiary/aromatic N) is 1. The average molecular weight is 302 g/mol. The zero-order valence-corrected chi connectivity index (χ0v) is 13.5. The highest BCUT2D eigenvalue weighted by atomic mass is 32.1. The summed E-state index contributed by atoms with van der Waals surface area (Å²) in [5, 5.41) is 1.04. The summed E-state index contributed by atoms with van der Waals surface area (Å²) in [7, 11) is 0. The second-order valence-electron chi connectivity index (χ2n) is 5.67. The van der Waals surface area contributed by atoms with E-state index in [0.29, 0.717) is 12.5 Å². The lowest BCUT2D eigenvalue weighted by atomic mass is 10.1. The molecule has 2 N–H and O–H groups in total. The third kappa shape index (κ3) is 3.27. The van der Waals surface area contributed by atoms with E-state index in [1.165, 1.54) is 29.0 Å². The van der Waals surface area contributed by atoms with Crippen molar-refractivity contribution in [2.24, 2.45) is 5.73 Å². The van der Waals surface area contributed by atoms with Crippen LogP contribution in [-0.4, -0.2) is 4.98 Å². The summed E-state index contributed by atoms with van der Waals surface area (Å²) in [4.78, 5) is 6.01. The zero-order chi connectivity index (χ0) is 14.8. The maximum Gasteiger partial charge on any atom is 0.140 e. The summed E-state index contributed by atoms with van der Waals surface area (Å²) in [5.41, 5.74) is 8.54. The Morgan fingerprint density at radius 2 is 2.14 bits per heavy atom. The molecule has 1 heterocycles. The molecule has 0 amide bonds. The Balaban J connectivity index is 1.74. The smallest absolute Gasteiger partial charge is 0.140 e. The largest absolute Gasteiger partial charge is 0.486 e. The Morgan fingerprint density at radius 1 is 1.38 bits per heavy atom. The Morgan fingerprint density at radius 3 is 2.81 bits per heavy atom. The predicted octanol–water partition coefficient (Wildman–Crippen LogP) is 4.18. The van der Waals surface area contributed by atoms with E-state index in [0.717, 1.165) is 17.2 Å². The van der Waals surface area contributed by atoms with Crippen molar-refractivity contribution >= 4 is 11.3 Å². The zero-order valence-electron chi connectivity index (χ0n) is 12.6. The fraction of sp³-hybridized carbons (Fsp3) is 0.471. The molecule has 4 heteroatoms. The highest BCUT2D eigenvalue weighted by Gasteiger charge is 2.30. The van der Waals surface area contributed by atoms with Gasteiger partial charge in [0.05, 0.1) is 5.69 Å². The van der Waals surface area contributed by atoms with E-state index >= 15 is 0 Å². The number of nitrogens with two attached hydrogens (primary N) is 1. The third-order valence-electron chi connectivity index (χ3n) is 3.81. The van der Waals surface area contributed by atoms with Crippen LogP contribution in [0.1, 0.15) is 59.8 Å². The summed E-state index contributed by atoms with van der Waals surface area (Å²) in [5.74, 6) is 1.60. The van der Waals surface area contributed by atoms with Gasteiger partial charge in [-0.05, 0) is 37.8 Å². The van der Waals surface area contributed by atoms with Gasteiger partial charge in [0.15, 0.2) is 0 Å². The lowest BCUT2D eigenvalue weighted by molar-refractivity contribution is 0.302. The molecule has 0 spiro atoms. The van der Waals surface area contributed by atoms with E-state index in [1.807, 2.05) is 19.1 Å². The van der Waals surface area contributed by atoms with Gasteiger partial charge in [-0.2, -0.15) is 0 Å². The molecule has 21 heavy (non-hydrogen) atoms. The van der Waals surface area contributed by atoms with Crippen LogP contribution in [0.3, 0.4) is 0 Å². The number of para-hydroxylation sites is 1. The fourth-order valence-electron chi connectivity index (χ4n) is 2.50. The highest BCUT2D eigenvalue weighted by molar-refractivity contribution is 7.11. The van der Waals surface area contributed by atoms with Crippen molar-refractivity contribution in [3.05, 3.63) is 45.4 Å². The van der Waals surface area contributed by atoms with Gasteiger partial charge in [0.2, 0.25) is 0 Å². The van der Waals surface area contributed by atoms with Crippen molar-refractivity contribution < 1.29 is 4.74 Å². The molecule has 0 saturated heterocycles. The topological polar surface area (TPSA) is 48.1 Å². The number of ether oxygens (including phenoxy) is 1. The van der Waals surface area contributed by atoms with Gasteiger partial charge in [-0.1, -0.05) is 25.1 Å². The Labute approximate surface area is 130 Å². The lowest BCUT2D eigenvalue weighted by Crippen LogP contribution is -2.05. The van der Waals surface area contributed by atoms with Crippen molar-refractivity contribution in [1.29, 1.82) is 0 Å². The normalized spacial score (nSPS) is 16.0. The first-order valence-electron chi connectivity index (χ1n) is 7.64. The molecule has 2 aromatic rings. The molecule has 0 aliphatic heterocycles. The summed E-state index contributed by atoms with van der Waals surface area (Å²) in [6.07, 6.45) is 3.48. The van der Waals surface area contributed by atoms with E-state index in [9.17, 15) is 0 Å². The lowest BCUT2D eigenvalue weighted by Gasteiger charge is -2.08. The molecular weight excluding hydrogens is 280 g/mol. The van der Waals surface area contributed by atoms with Crippen LogP contribution in [0, 0.1) is 0 Å². The highest BCUT2D eigenvalue weighted by Crippen LogP contribution is 2.44. The molecule has 0 radical (unpaired) electrons. The molecule has 112 valence electrons. The molecule has 0 bridgehead atoms. The Kier molecular flexibility index (Phi) is 4.27. The second-order valence-corrected chi connectivity index (χ2v) is 6.79. The molecule has 1 aliphatic carbocycles. The first-order valence-corrected chi connectivity index (χ1v) is 8.46. The van der Waals surface area contributed by atoms with E-state index in [1.54, 1.807) is 11.3 Å². The van der Waals surface area contributed by atoms with Crippen LogP contribution >= 0.6 is 11.3 Å². The summed E-state index contributed by atoms with van der Waals surface area (Å²) >= 11 is 1.71. The number of hydrogen-bond donors (Lipinski definition) is 1. The Hall–Kier alpha value is -1.39. The van der Waals surface area contributed by atoms with Crippen LogP contribution in [0.5, 0.6) is 5.75 Å². The van der Waals surface area contributed by atoms with Gasteiger partial charge in [0, 0.05) is 16.8 Å². The quantitative estimate of drug-likeness (QED) is 0.870. The predicted molar refractivity (Wildman–Crippen MR) is 86.8 cm³/mol. The van der Waals surface area contributed by atoms with Gasteiger partial charge in [0.1, 0.15) is 17.4 Å². The van der Waals surface area contributed by atoms with Crippen LogP contribution in [0.25, 0.3) is 0 Å². The summed E-state index contributed by atoms with van der Waals surface area (Å²) in [6, 6.07) is 8.27. The van der Waals surface area contributed by atoms with Gasteiger partial charge in [-0.15, -0.1) is 11.3 Å². The minimum Gasteiger partial charge on any atom is -0.486 e. The first-order chi connectivity index (χ1) is 10.2. The average Bonchev–Trinajstić information content (AvgIpc) is 3.25. The van der Waals surface area contributed by atoms with Gasteiger partial charge < -0.3 is 10.5 Å². The molecule has 1 fully saturated rings. The number of aromatic nitrogens is 1. The van der Waals surface area contributed by atoms with E-state index in [-0.39, 0.29) is 6.04 Å². The SMILES string of the molecule is CCc1ccccc1OCc1nc(C2CC2)c(C(C)N)s1. The van der Waals surface area contributed by atoms with E-state index in [4.69, 9.17) is 15.5 Å². The first kappa shape index (κ1) is 14.5. The second kappa shape index (κ2) is 6.16. The Bertz CT molecular complexity index is 598.